The molecule has 1 saturated heterocycles. The summed E-state index contributed by atoms with van der Waals surface area (Å²) in [5.41, 5.74) is 6.91. The van der Waals surface area contributed by atoms with Crippen LogP contribution in [0.4, 0.5) is 17.6 Å². The number of anilines is 3. The van der Waals surface area contributed by atoms with Crippen molar-refractivity contribution in [2.45, 2.75) is 32.7 Å². The SMILES string of the molecule is CC(=O)NNC(=O)c1cc(Nc2cc(C)[nH]n2)nc(N2CCCC2c2cc(-c3ccccn3)no2)n1. The van der Waals surface area contributed by atoms with Gasteiger partial charge in [0, 0.05) is 43.6 Å². The van der Waals surface area contributed by atoms with Gasteiger partial charge < -0.3 is 14.7 Å². The molecule has 13 nitrogen and oxygen atoms in total. The summed E-state index contributed by atoms with van der Waals surface area (Å²) >= 11 is 0. The standard InChI is InChI=1S/C23H24N10O3/c1-13-10-21(30-28-13)26-20-12-17(22(35)31-29-14(2)34)25-23(27-20)33-9-5-7-18(33)19-11-16(32-36-19)15-6-3-4-8-24-15/h3-4,6,8,10-12,18H,5,7,9H2,1-2H3,(H,29,34)(H,31,35)(H2,25,26,27,28,30). The number of hydrogen-bond donors (Lipinski definition) is 4. The van der Waals surface area contributed by atoms with E-state index in [4.69, 9.17) is 4.52 Å². The fourth-order valence-corrected chi connectivity index (χ4v) is 3.95. The van der Waals surface area contributed by atoms with Crippen LogP contribution in [0.3, 0.4) is 0 Å². The van der Waals surface area contributed by atoms with E-state index >= 15 is 0 Å². The molecule has 13 heteroatoms. The molecule has 36 heavy (non-hydrogen) atoms. The van der Waals surface area contributed by atoms with Crippen LogP contribution >= 0.6 is 0 Å². The van der Waals surface area contributed by atoms with Gasteiger partial charge in [-0.1, -0.05) is 11.2 Å². The largest absolute Gasteiger partial charge is 0.358 e. The molecule has 1 unspecified atom stereocenters. The van der Waals surface area contributed by atoms with E-state index in [0.717, 1.165) is 18.5 Å². The molecule has 184 valence electrons. The van der Waals surface area contributed by atoms with Crippen LogP contribution < -0.4 is 21.1 Å². The van der Waals surface area contributed by atoms with E-state index in [-0.39, 0.29) is 11.7 Å². The number of carbonyl (C=O) groups excluding carboxylic acids is 2. The average molecular weight is 489 g/mol. The topological polar surface area (TPSA) is 167 Å². The van der Waals surface area contributed by atoms with Crippen LogP contribution in [0.15, 0.2) is 47.1 Å². The lowest BCUT2D eigenvalue weighted by molar-refractivity contribution is -0.119. The smallest absolute Gasteiger partial charge is 0.288 e. The second-order valence-corrected chi connectivity index (χ2v) is 8.32. The normalized spacial score (nSPS) is 15.1. The molecule has 4 aromatic heterocycles. The highest BCUT2D eigenvalue weighted by atomic mass is 16.5. The number of aromatic nitrogens is 6. The van der Waals surface area contributed by atoms with Crippen LogP contribution in [-0.4, -0.2) is 48.7 Å². The number of H-pyrrole nitrogens is 1. The van der Waals surface area contributed by atoms with Crippen LogP contribution in [0.5, 0.6) is 0 Å². The maximum atomic E-state index is 12.7. The molecule has 5 heterocycles. The molecule has 2 amide bonds. The Morgan fingerprint density at radius 2 is 2.00 bits per heavy atom. The quantitative estimate of drug-likeness (QED) is 0.296. The summed E-state index contributed by atoms with van der Waals surface area (Å²) in [6.07, 6.45) is 3.37. The Labute approximate surface area is 205 Å². The first-order chi connectivity index (χ1) is 17.5. The molecule has 1 aliphatic rings. The van der Waals surface area contributed by atoms with Crippen LogP contribution in [-0.2, 0) is 4.79 Å². The number of rotatable bonds is 6. The fourth-order valence-electron chi connectivity index (χ4n) is 3.95. The minimum Gasteiger partial charge on any atom is -0.358 e. The van der Waals surface area contributed by atoms with Crippen molar-refractivity contribution < 1.29 is 14.1 Å². The van der Waals surface area contributed by atoms with Gasteiger partial charge in [0.15, 0.2) is 11.6 Å². The van der Waals surface area contributed by atoms with Crippen LogP contribution in [0.1, 0.15) is 47.7 Å². The average Bonchev–Trinajstić information content (AvgIpc) is 3.63. The first-order valence-corrected chi connectivity index (χ1v) is 11.4. The second kappa shape index (κ2) is 9.82. The Kier molecular flexibility index (Phi) is 6.26. The molecule has 0 radical (unpaired) electrons. The van der Waals surface area contributed by atoms with Gasteiger partial charge in [0.2, 0.25) is 11.9 Å². The molecular formula is C23H24N10O3. The number of aryl methyl sites for hydroxylation is 1. The van der Waals surface area contributed by atoms with Gasteiger partial charge in [-0.05, 0) is 31.9 Å². The highest BCUT2D eigenvalue weighted by Crippen LogP contribution is 2.36. The van der Waals surface area contributed by atoms with E-state index in [0.29, 0.717) is 41.3 Å². The lowest BCUT2D eigenvalue weighted by Gasteiger charge is -2.23. The summed E-state index contributed by atoms with van der Waals surface area (Å²) in [6.45, 7) is 3.83. The summed E-state index contributed by atoms with van der Waals surface area (Å²) in [5.74, 6) is 0.913. The number of pyridine rings is 1. The van der Waals surface area contributed by atoms with Crippen molar-refractivity contribution in [3.05, 3.63) is 59.7 Å². The van der Waals surface area contributed by atoms with Crippen LogP contribution in [0.25, 0.3) is 11.4 Å². The van der Waals surface area contributed by atoms with E-state index in [9.17, 15) is 9.59 Å². The first-order valence-electron chi connectivity index (χ1n) is 11.4. The third-order valence-electron chi connectivity index (χ3n) is 5.55. The molecule has 5 rings (SSSR count). The van der Waals surface area contributed by atoms with E-state index in [1.807, 2.05) is 42.2 Å². The van der Waals surface area contributed by atoms with Crippen molar-refractivity contribution in [2.75, 3.05) is 16.8 Å². The summed E-state index contributed by atoms with van der Waals surface area (Å²) in [4.78, 5) is 39.4. The van der Waals surface area contributed by atoms with Gasteiger partial charge in [-0.2, -0.15) is 10.1 Å². The highest BCUT2D eigenvalue weighted by Gasteiger charge is 2.32. The molecule has 0 aromatic carbocycles. The molecule has 4 N–H and O–H groups in total. The monoisotopic (exact) mass is 488 g/mol. The van der Waals surface area contributed by atoms with Crippen molar-refractivity contribution in [2.24, 2.45) is 0 Å². The maximum absolute atomic E-state index is 12.7. The van der Waals surface area contributed by atoms with Crippen molar-refractivity contribution in [3.63, 3.8) is 0 Å². The van der Waals surface area contributed by atoms with Crippen LogP contribution in [0, 0.1) is 6.92 Å². The molecular weight excluding hydrogens is 464 g/mol. The zero-order valence-electron chi connectivity index (χ0n) is 19.6. The van der Waals surface area contributed by atoms with E-state index in [2.05, 4.69) is 46.5 Å². The van der Waals surface area contributed by atoms with Gasteiger partial charge in [0.25, 0.3) is 5.91 Å². The Balaban J connectivity index is 1.46. The van der Waals surface area contributed by atoms with Gasteiger partial charge in [-0.25, -0.2) is 4.98 Å². The number of aromatic amines is 1. The summed E-state index contributed by atoms with van der Waals surface area (Å²) in [6, 6.07) is 10.6. The number of amides is 2. The molecule has 1 fully saturated rings. The molecule has 0 saturated carbocycles. The Bertz CT molecular complexity index is 1380. The zero-order valence-corrected chi connectivity index (χ0v) is 19.6. The zero-order chi connectivity index (χ0) is 25.1. The minimum absolute atomic E-state index is 0.0703. The third kappa shape index (κ3) is 4.99. The number of nitrogens with zero attached hydrogens (tertiary/aromatic N) is 6. The highest BCUT2D eigenvalue weighted by molar-refractivity contribution is 5.94. The minimum atomic E-state index is -0.581. The molecule has 0 spiro atoms. The molecule has 1 aliphatic heterocycles. The second-order valence-electron chi connectivity index (χ2n) is 8.32. The van der Waals surface area contributed by atoms with Gasteiger partial charge >= 0.3 is 0 Å². The molecule has 0 bridgehead atoms. The summed E-state index contributed by atoms with van der Waals surface area (Å²) in [7, 11) is 0. The number of hydrazine groups is 1. The Morgan fingerprint density at radius 1 is 1.11 bits per heavy atom. The van der Waals surface area contributed by atoms with Crippen molar-refractivity contribution in [3.8, 4) is 11.4 Å². The summed E-state index contributed by atoms with van der Waals surface area (Å²) in [5, 5.41) is 14.3. The van der Waals surface area contributed by atoms with Gasteiger partial charge in [0.05, 0.1) is 11.7 Å². The maximum Gasteiger partial charge on any atom is 0.288 e. The molecule has 1 atom stereocenters. The number of nitrogens with one attached hydrogen (secondary N) is 4. The fraction of sp³-hybridized carbons (Fsp3) is 0.261. The van der Waals surface area contributed by atoms with Crippen LogP contribution in [0.2, 0.25) is 0 Å². The molecule has 4 aromatic rings. The van der Waals surface area contributed by atoms with Crippen molar-refractivity contribution >= 4 is 29.4 Å². The number of hydrogen-bond acceptors (Lipinski definition) is 10. The van der Waals surface area contributed by atoms with Gasteiger partial charge in [-0.15, -0.1) is 0 Å². The lowest BCUT2D eigenvalue weighted by atomic mass is 10.1. The Hall–Kier alpha value is -4.81. The Morgan fingerprint density at radius 3 is 2.75 bits per heavy atom. The number of carbonyl (C=O) groups is 2. The predicted octanol–water partition coefficient (Wildman–Crippen LogP) is 2.42. The van der Waals surface area contributed by atoms with E-state index in [1.165, 1.54) is 13.0 Å². The third-order valence-corrected chi connectivity index (χ3v) is 5.55. The first kappa shape index (κ1) is 23.0. The summed E-state index contributed by atoms with van der Waals surface area (Å²) < 4.78 is 5.68. The van der Waals surface area contributed by atoms with Crippen molar-refractivity contribution in [1.29, 1.82) is 0 Å². The lowest BCUT2D eigenvalue weighted by Crippen LogP contribution is -2.41. The predicted molar refractivity (Wildman–Crippen MR) is 129 cm³/mol. The van der Waals surface area contributed by atoms with Gasteiger partial charge in [-0.3, -0.25) is 30.5 Å². The van der Waals surface area contributed by atoms with E-state index in [1.54, 1.807) is 6.20 Å². The van der Waals surface area contributed by atoms with Crippen molar-refractivity contribution in [1.82, 2.24) is 41.2 Å². The van der Waals surface area contributed by atoms with E-state index < -0.39 is 11.8 Å². The molecule has 0 aliphatic carbocycles. The van der Waals surface area contributed by atoms with Gasteiger partial charge in [0.1, 0.15) is 17.2 Å².